The van der Waals surface area contributed by atoms with Crippen molar-refractivity contribution in [1.29, 1.82) is 0 Å². The summed E-state index contributed by atoms with van der Waals surface area (Å²) >= 11 is 0. The Morgan fingerprint density at radius 3 is 2.42 bits per heavy atom. The summed E-state index contributed by atoms with van der Waals surface area (Å²) in [5, 5.41) is 4.18. The van der Waals surface area contributed by atoms with E-state index in [2.05, 4.69) is 34.0 Å². The van der Waals surface area contributed by atoms with Gasteiger partial charge in [-0.1, -0.05) is 27.7 Å². The molecule has 0 atom stereocenters. The Morgan fingerprint density at radius 1 is 1.06 bits per heavy atom. The molecule has 0 amide bonds. The third kappa shape index (κ3) is 5.41. The summed E-state index contributed by atoms with van der Waals surface area (Å²) < 4.78 is 7.59. The lowest BCUT2D eigenvalue weighted by Crippen LogP contribution is -2.27. The summed E-state index contributed by atoms with van der Waals surface area (Å²) in [7, 11) is 0. The maximum Gasteiger partial charge on any atom is 0.254 e. The topological polar surface area (TPSA) is 72.3 Å². The summed E-state index contributed by atoms with van der Waals surface area (Å²) in [6.07, 6.45) is 3.52. The fourth-order valence-corrected chi connectivity index (χ4v) is 3.59. The van der Waals surface area contributed by atoms with Gasteiger partial charge in [0.15, 0.2) is 0 Å². The molecule has 0 bridgehead atoms. The van der Waals surface area contributed by atoms with Crippen molar-refractivity contribution in [3.63, 3.8) is 0 Å². The molecule has 0 aliphatic heterocycles. The highest BCUT2D eigenvalue weighted by Crippen LogP contribution is 2.22. The van der Waals surface area contributed by atoms with Crippen molar-refractivity contribution >= 4 is 22.5 Å². The molecule has 3 aromatic rings. The SMILES string of the molecule is CCN(CC)CCOc1ccc(Nc2cc3c(cn2)cc(C(C)C)c(=O)n3CC)nc1. The van der Waals surface area contributed by atoms with Crippen molar-refractivity contribution in [1.82, 2.24) is 19.4 Å². The summed E-state index contributed by atoms with van der Waals surface area (Å²) in [6, 6.07) is 7.62. The number of pyridine rings is 3. The molecule has 31 heavy (non-hydrogen) atoms. The predicted molar refractivity (Wildman–Crippen MR) is 127 cm³/mol. The first-order valence-corrected chi connectivity index (χ1v) is 11.1. The number of ether oxygens (including phenoxy) is 1. The fourth-order valence-electron chi connectivity index (χ4n) is 3.59. The van der Waals surface area contributed by atoms with Crippen LogP contribution in [-0.2, 0) is 6.54 Å². The van der Waals surface area contributed by atoms with Gasteiger partial charge in [-0.05, 0) is 44.1 Å². The average Bonchev–Trinajstić information content (AvgIpc) is 2.77. The molecule has 0 aliphatic carbocycles. The van der Waals surface area contributed by atoms with Crippen LogP contribution in [0.2, 0.25) is 0 Å². The van der Waals surface area contributed by atoms with E-state index in [9.17, 15) is 4.79 Å². The van der Waals surface area contributed by atoms with Crippen LogP contribution in [0.1, 0.15) is 46.1 Å². The maximum atomic E-state index is 12.8. The highest BCUT2D eigenvalue weighted by molar-refractivity contribution is 5.82. The number of hydrogen-bond acceptors (Lipinski definition) is 6. The lowest BCUT2D eigenvalue weighted by molar-refractivity contribution is 0.222. The number of aryl methyl sites for hydroxylation is 1. The number of nitrogens with one attached hydrogen (secondary N) is 1. The van der Waals surface area contributed by atoms with Gasteiger partial charge in [0.1, 0.15) is 24.0 Å². The van der Waals surface area contributed by atoms with Crippen LogP contribution in [0.3, 0.4) is 0 Å². The number of hydrogen-bond donors (Lipinski definition) is 1. The largest absolute Gasteiger partial charge is 0.491 e. The normalized spacial score (nSPS) is 11.5. The third-order valence-corrected chi connectivity index (χ3v) is 5.51. The van der Waals surface area contributed by atoms with E-state index in [1.54, 1.807) is 17.0 Å². The van der Waals surface area contributed by atoms with E-state index in [-0.39, 0.29) is 11.5 Å². The first kappa shape index (κ1) is 22.7. The second-order valence-corrected chi connectivity index (χ2v) is 7.81. The van der Waals surface area contributed by atoms with E-state index >= 15 is 0 Å². The molecule has 0 fully saturated rings. The van der Waals surface area contributed by atoms with Crippen molar-refractivity contribution in [2.45, 2.75) is 47.1 Å². The Bertz CT molecular complexity index is 1060. The monoisotopic (exact) mass is 423 g/mol. The second kappa shape index (κ2) is 10.4. The second-order valence-electron chi connectivity index (χ2n) is 7.81. The molecule has 0 radical (unpaired) electrons. The van der Waals surface area contributed by atoms with E-state index in [0.29, 0.717) is 24.8 Å². The Kier molecular flexibility index (Phi) is 7.63. The quantitative estimate of drug-likeness (QED) is 0.521. The van der Waals surface area contributed by atoms with Crippen molar-refractivity contribution < 1.29 is 4.74 Å². The Balaban J connectivity index is 1.74. The van der Waals surface area contributed by atoms with Crippen molar-refractivity contribution in [3.05, 3.63) is 52.6 Å². The van der Waals surface area contributed by atoms with Gasteiger partial charge in [0.2, 0.25) is 0 Å². The number of anilines is 2. The number of rotatable bonds is 10. The molecule has 0 saturated carbocycles. The summed E-state index contributed by atoms with van der Waals surface area (Å²) in [5.41, 5.74) is 1.74. The lowest BCUT2D eigenvalue weighted by Gasteiger charge is -2.18. The standard InChI is InChI=1S/C24H33N5O2/c1-6-28(7-2)11-12-31-19-9-10-22(26-16-19)27-23-14-21-18(15-25-23)13-20(17(4)5)24(30)29(21)8-3/h9-10,13-17H,6-8,11-12H2,1-5H3,(H,25,26,27). The van der Waals surface area contributed by atoms with Gasteiger partial charge in [0.25, 0.3) is 5.56 Å². The number of aromatic nitrogens is 3. The zero-order chi connectivity index (χ0) is 22.4. The summed E-state index contributed by atoms with van der Waals surface area (Å²) in [6.45, 7) is 14.5. The van der Waals surface area contributed by atoms with Crippen molar-refractivity contribution in [3.8, 4) is 5.75 Å². The van der Waals surface area contributed by atoms with Gasteiger partial charge in [-0.25, -0.2) is 9.97 Å². The zero-order valence-electron chi connectivity index (χ0n) is 19.2. The molecule has 0 aromatic carbocycles. The van der Waals surface area contributed by atoms with Crippen molar-refractivity contribution in [2.75, 3.05) is 31.6 Å². The molecule has 7 heteroatoms. The van der Waals surface area contributed by atoms with Crippen LogP contribution in [0.25, 0.3) is 10.9 Å². The van der Waals surface area contributed by atoms with E-state index in [1.165, 1.54) is 0 Å². The molecule has 0 aliphatic rings. The minimum atomic E-state index is 0.0616. The minimum Gasteiger partial charge on any atom is -0.491 e. The van der Waals surface area contributed by atoms with Crippen LogP contribution in [0, 0.1) is 0 Å². The molecule has 0 spiro atoms. The van der Waals surface area contributed by atoms with Crippen LogP contribution in [-0.4, -0.2) is 45.7 Å². The Labute approximate surface area is 184 Å². The van der Waals surface area contributed by atoms with Crippen LogP contribution in [0.4, 0.5) is 11.6 Å². The first-order valence-electron chi connectivity index (χ1n) is 11.1. The molecular formula is C24H33N5O2. The molecule has 0 unspecified atom stereocenters. The Morgan fingerprint density at radius 2 is 1.81 bits per heavy atom. The molecule has 3 rings (SSSR count). The minimum absolute atomic E-state index is 0.0616. The smallest absolute Gasteiger partial charge is 0.254 e. The molecule has 0 saturated heterocycles. The number of nitrogens with zero attached hydrogens (tertiary/aromatic N) is 4. The lowest BCUT2D eigenvalue weighted by atomic mass is 10.0. The van der Waals surface area contributed by atoms with Gasteiger partial charge in [-0.2, -0.15) is 0 Å². The molecule has 166 valence electrons. The van der Waals surface area contributed by atoms with Gasteiger partial charge in [-0.15, -0.1) is 0 Å². The zero-order valence-corrected chi connectivity index (χ0v) is 19.2. The van der Waals surface area contributed by atoms with Crippen LogP contribution in [0.15, 0.2) is 41.5 Å². The van der Waals surface area contributed by atoms with Crippen LogP contribution < -0.4 is 15.6 Å². The summed E-state index contributed by atoms with van der Waals surface area (Å²) in [4.78, 5) is 24.1. The highest BCUT2D eigenvalue weighted by atomic mass is 16.5. The predicted octanol–water partition coefficient (Wildman–Crippen LogP) is 4.40. The molecule has 1 N–H and O–H groups in total. The van der Waals surface area contributed by atoms with Gasteiger partial charge >= 0.3 is 0 Å². The van der Waals surface area contributed by atoms with Crippen LogP contribution in [0.5, 0.6) is 5.75 Å². The van der Waals surface area contributed by atoms with Crippen molar-refractivity contribution in [2.24, 2.45) is 0 Å². The van der Waals surface area contributed by atoms with E-state index in [0.717, 1.165) is 41.9 Å². The van der Waals surface area contributed by atoms with E-state index in [4.69, 9.17) is 4.74 Å². The van der Waals surface area contributed by atoms with E-state index < -0.39 is 0 Å². The maximum absolute atomic E-state index is 12.8. The van der Waals surface area contributed by atoms with E-state index in [1.807, 2.05) is 45.0 Å². The average molecular weight is 424 g/mol. The highest BCUT2D eigenvalue weighted by Gasteiger charge is 2.12. The Hall–Kier alpha value is -2.93. The molecule has 3 heterocycles. The third-order valence-electron chi connectivity index (χ3n) is 5.51. The molecular weight excluding hydrogens is 390 g/mol. The molecule has 3 aromatic heterocycles. The fraction of sp³-hybridized carbons (Fsp3) is 0.458. The number of likely N-dealkylation sites (N-methyl/N-ethyl adjacent to an activating group) is 1. The van der Waals surface area contributed by atoms with Gasteiger partial charge < -0.3 is 19.5 Å². The van der Waals surface area contributed by atoms with Gasteiger partial charge in [0.05, 0.1) is 11.7 Å². The van der Waals surface area contributed by atoms with Gasteiger partial charge in [0, 0.05) is 36.3 Å². The molecule has 7 nitrogen and oxygen atoms in total. The first-order chi connectivity index (χ1) is 15.0. The van der Waals surface area contributed by atoms with Gasteiger partial charge in [-0.3, -0.25) is 4.79 Å². The van der Waals surface area contributed by atoms with Crippen LogP contribution >= 0.6 is 0 Å². The number of fused-ring (bicyclic) bond motifs is 1. The summed E-state index contributed by atoms with van der Waals surface area (Å²) in [5.74, 6) is 2.23.